The van der Waals surface area contributed by atoms with Gasteiger partial charge in [0.1, 0.15) is 3.70 Å². The van der Waals surface area contributed by atoms with Crippen molar-refractivity contribution < 1.29 is 22.6 Å². The highest BCUT2D eigenvalue weighted by Crippen LogP contribution is 2.36. The van der Waals surface area contributed by atoms with Gasteiger partial charge in [-0.3, -0.25) is 0 Å². The number of pyridine rings is 1. The summed E-state index contributed by atoms with van der Waals surface area (Å²) < 4.78 is 45.5. The van der Waals surface area contributed by atoms with Crippen molar-refractivity contribution in [3.05, 3.63) is 15.5 Å². The molecule has 0 fully saturated rings. The van der Waals surface area contributed by atoms with E-state index in [9.17, 15) is 13.2 Å². The summed E-state index contributed by atoms with van der Waals surface area (Å²) in [6.45, 7) is 0. The summed E-state index contributed by atoms with van der Waals surface area (Å²) in [4.78, 5) is 3.79. The van der Waals surface area contributed by atoms with Crippen LogP contribution < -0.4 is 9.47 Å². The van der Waals surface area contributed by atoms with Crippen LogP contribution in [0.25, 0.3) is 0 Å². The number of nitrogens with zero attached hydrogens (tertiary/aromatic N) is 1. The first-order chi connectivity index (χ1) is 7.39. The highest BCUT2D eigenvalue weighted by Gasteiger charge is 2.33. The van der Waals surface area contributed by atoms with Crippen molar-refractivity contribution in [1.82, 2.24) is 4.98 Å². The Morgan fingerprint density at radius 1 is 1.50 bits per heavy atom. The molecule has 0 aromatic carbocycles. The van der Waals surface area contributed by atoms with Crippen LogP contribution in [-0.4, -0.2) is 18.5 Å². The minimum atomic E-state index is -4.76. The highest BCUT2D eigenvalue weighted by molar-refractivity contribution is 14.1. The number of ether oxygens (including phenoxy) is 2. The third kappa shape index (κ3) is 3.37. The van der Waals surface area contributed by atoms with Gasteiger partial charge in [-0.1, -0.05) is 15.9 Å². The van der Waals surface area contributed by atoms with E-state index >= 15 is 0 Å². The molecule has 1 aromatic rings. The minimum Gasteiger partial charge on any atom is -0.492 e. The molecule has 0 amide bonds. The fraction of sp³-hybridized carbons (Fsp3) is 0.375. The molecular formula is C8H6BrF3INO2. The van der Waals surface area contributed by atoms with E-state index in [1.54, 1.807) is 0 Å². The van der Waals surface area contributed by atoms with Gasteiger partial charge in [-0.15, -0.1) is 13.2 Å². The second-order valence-corrected chi connectivity index (χ2v) is 4.19. The first kappa shape index (κ1) is 13.8. The topological polar surface area (TPSA) is 31.4 Å². The zero-order chi connectivity index (χ0) is 12.3. The second-order valence-electron chi connectivity index (χ2n) is 2.61. The van der Waals surface area contributed by atoms with Crippen molar-refractivity contribution in [1.29, 1.82) is 0 Å². The maximum absolute atomic E-state index is 12.1. The first-order valence-corrected chi connectivity index (χ1v) is 6.12. The number of rotatable bonds is 3. The predicted octanol–water partition coefficient (Wildman–Crippen LogP) is 3.49. The van der Waals surface area contributed by atoms with Gasteiger partial charge in [-0.25, -0.2) is 4.98 Å². The Morgan fingerprint density at radius 3 is 2.56 bits per heavy atom. The Kier molecular flexibility index (Phi) is 4.65. The molecule has 0 aliphatic rings. The Morgan fingerprint density at radius 2 is 2.12 bits per heavy atom. The Labute approximate surface area is 112 Å². The van der Waals surface area contributed by atoms with Crippen LogP contribution in [0.3, 0.4) is 0 Å². The van der Waals surface area contributed by atoms with Crippen LogP contribution in [0.1, 0.15) is 5.56 Å². The van der Waals surface area contributed by atoms with Crippen LogP contribution in [0.15, 0.2) is 6.20 Å². The van der Waals surface area contributed by atoms with Gasteiger partial charge in [-0.2, -0.15) is 0 Å². The van der Waals surface area contributed by atoms with Crippen LogP contribution in [0.2, 0.25) is 0 Å². The standard InChI is InChI=1S/C8H6BrF3INO2/c1-15-6-4(2-9)7(13)14-3-5(6)16-8(10,11)12/h3H,2H2,1H3. The molecule has 0 aliphatic carbocycles. The fourth-order valence-electron chi connectivity index (χ4n) is 1.03. The summed E-state index contributed by atoms with van der Waals surface area (Å²) in [5, 5.41) is 0.330. The monoisotopic (exact) mass is 411 g/mol. The summed E-state index contributed by atoms with van der Waals surface area (Å²) in [5.74, 6) is -0.404. The Hall–Kier alpha value is -0.250. The predicted molar refractivity (Wildman–Crippen MR) is 62.8 cm³/mol. The van der Waals surface area contributed by atoms with Crippen molar-refractivity contribution in [3.63, 3.8) is 0 Å². The van der Waals surface area contributed by atoms with E-state index in [2.05, 4.69) is 25.7 Å². The summed E-state index contributed by atoms with van der Waals surface area (Å²) in [7, 11) is 1.28. The Balaban J connectivity index is 3.19. The molecule has 1 rings (SSSR count). The SMILES string of the molecule is COc1c(OC(F)(F)F)cnc(I)c1CBr. The molecule has 8 heteroatoms. The zero-order valence-corrected chi connectivity index (χ0v) is 11.7. The summed E-state index contributed by atoms with van der Waals surface area (Å²) >= 11 is 5.06. The molecule has 16 heavy (non-hydrogen) atoms. The van der Waals surface area contributed by atoms with E-state index in [0.29, 0.717) is 14.6 Å². The van der Waals surface area contributed by atoms with Gasteiger partial charge in [0.2, 0.25) is 0 Å². The van der Waals surface area contributed by atoms with Crippen molar-refractivity contribution >= 4 is 38.5 Å². The van der Waals surface area contributed by atoms with Crippen molar-refractivity contribution in [3.8, 4) is 11.5 Å². The quantitative estimate of drug-likeness (QED) is 0.433. The van der Waals surface area contributed by atoms with Crippen LogP contribution in [0.5, 0.6) is 11.5 Å². The minimum absolute atomic E-state index is 0.0357. The van der Waals surface area contributed by atoms with Gasteiger partial charge in [0.25, 0.3) is 0 Å². The van der Waals surface area contributed by atoms with Crippen LogP contribution in [0.4, 0.5) is 13.2 Å². The molecule has 0 spiro atoms. The molecule has 0 N–H and O–H groups in total. The number of hydrogen-bond acceptors (Lipinski definition) is 3. The molecular weight excluding hydrogens is 406 g/mol. The van der Waals surface area contributed by atoms with Gasteiger partial charge >= 0.3 is 6.36 Å². The van der Waals surface area contributed by atoms with Crippen LogP contribution >= 0.6 is 38.5 Å². The zero-order valence-electron chi connectivity index (χ0n) is 7.94. The molecule has 0 saturated heterocycles. The van der Waals surface area contributed by atoms with Gasteiger partial charge in [0.05, 0.1) is 13.3 Å². The summed E-state index contributed by atoms with van der Waals surface area (Å²) in [5.41, 5.74) is 0.518. The van der Waals surface area contributed by atoms with Crippen molar-refractivity contribution in [2.75, 3.05) is 7.11 Å². The molecule has 90 valence electrons. The number of aromatic nitrogens is 1. The largest absolute Gasteiger partial charge is 0.573 e. The number of alkyl halides is 4. The lowest BCUT2D eigenvalue weighted by Crippen LogP contribution is -2.18. The summed E-state index contributed by atoms with van der Waals surface area (Å²) in [6.07, 6.45) is -3.77. The average molecular weight is 412 g/mol. The molecule has 1 aromatic heterocycles. The smallest absolute Gasteiger partial charge is 0.492 e. The van der Waals surface area contributed by atoms with Crippen molar-refractivity contribution in [2.24, 2.45) is 0 Å². The molecule has 3 nitrogen and oxygen atoms in total. The number of methoxy groups -OCH3 is 1. The number of hydrogen-bond donors (Lipinski definition) is 0. The van der Waals surface area contributed by atoms with Crippen LogP contribution in [0, 0.1) is 3.70 Å². The molecule has 0 unspecified atom stereocenters. The maximum atomic E-state index is 12.1. The molecule has 0 bridgehead atoms. The average Bonchev–Trinajstić information content (AvgIpc) is 2.18. The van der Waals surface area contributed by atoms with E-state index in [0.717, 1.165) is 6.20 Å². The lowest BCUT2D eigenvalue weighted by atomic mass is 10.3. The number of halogens is 5. The van der Waals surface area contributed by atoms with Gasteiger partial charge in [0.15, 0.2) is 11.5 Å². The van der Waals surface area contributed by atoms with Gasteiger partial charge in [-0.05, 0) is 22.6 Å². The summed E-state index contributed by atoms with van der Waals surface area (Å²) in [6, 6.07) is 0. The molecule has 0 atom stereocenters. The normalized spacial score (nSPS) is 11.4. The lowest BCUT2D eigenvalue weighted by molar-refractivity contribution is -0.275. The molecule has 0 saturated carbocycles. The molecule has 0 aliphatic heterocycles. The highest BCUT2D eigenvalue weighted by atomic mass is 127. The lowest BCUT2D eigenvalue weighted by Gasteiger charge is -2.15. The van der Waals surface area contributed by atoms with E-state index in [-0.39, 0.29) is 5.75 Å². The van der Waals surface area contributed by atoms with Gasteiger partial charge in [0, 0.05) is 10.9 Å². The first-order valence-electron chi connectivity index (χ1n) is 3.92. The second kappa shape index (κ2) is 5.39. The molecule has 0 radical (unpaired) electrons. The third-order valence-electron chi connectivity index (χ3n) is 1.61. The molecule has 1 heterocycles. The van der Waals surface area contributed by atoms with E-state index in [4.69, 9.17) is 4.74 Å². The van der Waals surface area contributed by atoms with E-state index in [1.807, 2.05) is 22.6 Å². The fourth-order valence-corrected chi connectivity index (χ4v) is 2.65. The van der Waals surface area contributed by atoms with Crippen molar-refractivity contribution in [2.45, 2.75) is 11.7 Å². The third-order valence-corrected chi connectivity index (χ3v) is 3.10. The van der Waals surface area contributed by atoms with Crippen LogP contribution in [-0.2, 0) is 5.33 Å². The van der Waals surface area contributed by atoms with Gasteiger partial charge < -0.3 is 9.47 Å². The Bertz CT molecular complexity index is 386. The van der Waals surface area contributed by atoms with E-state index in [1.165, 1.54) is 7.11 Å². The maximum Gasteiger partial charge on any atom is 0.573 e. The van der Waals surface area contributed by atoms with E-state index < -0.39 is 12.1 Å².